The highest BCUT2D eigenvalue weighted by Gasteiger charge is 2.42. The molecule has 0 aliphatic heterocycles. The number of ketones is 1. The van der Waals surface area contributed by atoms with Crippen LogP contribution in [0.15, 0.2) is 12.1 Å². The van der Waals surface area contributed by atoms with Crippen LogP contribution < -0.4 is 5.73 Å². The Labute approximate surface area is 97.4 Å². The highest BCUT2D eigenvalue weighted by Crippen LogP contribution is 2.21. The van der Waals surface area contributed by atoms with E-state index in [1.807, 2.05) is 0 Å². The maximum absolute atomic E-state index is 13.1. The predicted molar refractivity (Wildman–Crippen MR) is 49.1 cm³/mol. The number of hydrogen-bond donors (Lipinski definition) is 1. The zero-order valence-corrected chi connectivity index (χ0v) is 8.69. The van der Waals surface area contributed by atoms with Gasteiger partial charge in [0.15, 0.2) is 17.5 Å². The van der Waals surface area contributed by atoms with Gasteiger partial charge in [-0.1, -0.05) is 6.07 Å². The van der Waals surface area contributed by atoms with Gasteiger partial charge in [0.25, 0.3) is 5.78 Å². The number of hydrogen-bond acceptors (Lipinski definition) is 2. The van der Waals surface area contributed by atoms with Crippen LogP contribution in [0.3, 0.4) is 0 Å². The van der Waals surface area contributed by atoms with Gasteiger partial charge in [-0.2, -0.15) is 13.2 Å². The van der Waals surface area contributed by atoms with Crippen molar-refractivity contribution in [3.05, 3.63) is 35.1 Å². The van der Waals surface area contributed by atoms with Gasteiger partial charge in [-0.3, -0.25) is 4.79 Å². The minimum absolute atomic E-state index is 0.540. The third kappa shape index (κ3) is 3.00. The number of Topliss-reactive ketones (excluding diaryl/α,β-unsaturated/α-hetero) is 1. The standard InChI is InChI=1S/C10H7F6NO/c11-5-2-1-4(7(12)8(5)13)3-6(17)9(18)10(14,15)16/h1-2,6H,3,17H2. The Morgan fingerprint density at radius 1 is 1.17 bits per heavy atom. The Morgan fingerprint density at radius 2 is 1.72 bits per heavy atom. The molecule has 0 saturated carbocycles. The van der Waals surface area contributed by atoms with Gasteiger partial charge in [-0.15, -0.1) is 0 Å². The van der Waals surface area contributed by atoms with Crippen LogP contribution >= 0.6 is 0 Å². The van der Waals surface area contributed by atoms with E-state index in [-0.39, 0.29) is 0 Å². The third-order valence-corrected chi connectivity index (χ3v) is 2.17. The topological polar surface area (TPSA) is 43.1 Å². The number of carbonyl (C=O) groups excluding carboxylic acids is 1. The number of rotatable bonds is 3. The van der Waals surface area contributed by atoms with E-state index in [0.29, 0.717) is 6.07 Å². The molecule has 0 aliphatic rings. The first kappa shape index (κ1) is 14.5. The second-order valence-corrected chi connectivity index (χ2v) is 3.51. The molecule has 2 N–H and O–H groups in total. The molecule has 0 bridgehead atoms. The van der Waals surface area contributed by atoms with E-state index in [4.69, 9.17) is 5.73 Å². The first-order chi connectivity index (χ1) is 8.14. The Kier molecular flexibility index (Phi) is 4.00. The molecular formula is C10H7F6NO. The number of carbonyl (C=O) groups is 1. The molecule has 0 radical (unpaired) electrons. The third-order valence-electron chi connectivity index (χ3n) is 2.17. The van der Waals surface area contributed by atoms with E-state index in [1.165, 1.54) is 0 Å². The van der Waals surface area contributed by atoms with Crippen molar-refractivity contribution in [1.82, 2.24) is 0 Å². The summed E-state index contributed by atoms with van der Waals surface area (Å²) >= 11 is 0. The fourth-order valence-corrected chi connectivity index (χ4v) is 1.26. The Hall–Kier alpha value is -1.57. The molecule has 0 heterocycles. The van der Waals surface area contributed by atoms with Gasteiger partial charge in [0.05, 0.1) is 6.04 Å². The molecule has 1 atom stereocenters. The van der Waals surface area contributed by atoms with Crippen molar-refractivity contribution in [1.29, 1.82) is 0 Å². The van der Waals surface area contributed by atoms with E-state index in [0.717, 1.165) is 6.07 Å². The highest BCUT2D eigenvalue weighted by molar-refractivity contribution is 5.89. The number of halogens is 6. The van der Waals surface area contributed by atoms with Gasteiger partial charge in [-0.05, 0) is 18.1 Å². The Balaban J connectivity index is 2.93. The summed E-state index contributed by atoms with van der Waals surface area (Å²) in [5, 5.41) is 0. The van der Waals surface area contributed by atoms with Crippen LogP contribution in [0.25, 0.3) is 0 Å². The molecule has 0 aromatic heterocycles. The molecule has 1 unspecified atom stereocenters. The minimum atomic E-state index is -5.16. The summed E-state index contributed by atoms with van der Waals surface area (Å²) in [6.07, 6.45) is -6.03. The highest BCUT2D eigenvalue weighted by atomic mass is 19.4. The van der Waals surface area contributed by atoms with Crippen molar-refractivity contribution < 1.29 is 31.1 Å². The summed E-state index contributed by atoms with van der Waals surface area (Å²) in [6.45, 7) is 0. The van der Waals surface area contributed by atoms with Gasteiger partial charge >= 0.3 is 6.18 Å². The first-order valence-corrected chi connectivity index (χ1v) is 4.63. The van der Waals surface area contributed by atoms with Crippen LogP contribution in [0.2, 0.25) is 0 Å². The van der Waals surface area contributed by atoms with Crippen molar-refractivity contribution >= 4 is 5.78 Å². The van der Waals surface area contributed by atoms with Crippen molar-refractivity contribution in [2.75, 3.05) is 0 Å². The van der Waals surface area contributed by atoms with Gasteiger partial charge in [0.1, 0.15) is 0 Å². The quantitative estimate of drug-likeness (QED) is 0.675. The molecule has 0 saturated heterocycles. The van der Waals surface area contributed by atoms with E-state index in [1.54, 1.807) is 0 Å². The summed E-state index contributed by atoms with van der Waals surface area (Å²) in [5.74, 6) is -7.21. The monoisotopic (exact) mass is 271 g/mol. The zero-order valence-electron chi connectivity index (χ0n) is 8.69. The summed E-state index contributed by atoms with van der Waals surface area (Å²) in [6, 6.07) is -0.792. The van der Waals surface area contributed by atoms with Gasteiger partial charge in [0, 0.05) is 0 Å². The average molecular weight is 271 g/mol. The summed E-state index contributed by atoms with van der Waals surface area (Å²) in [7, 11) is 0. The summed E-state index contributed by atoms with van der Waals surface area (Å²) in [4.78, 5) is 10.7. The number of nitrogens with two attached hydrogens (primary N) is 1. The second kappa shape index (κ2) is 4.97. The predicted octanol–water partition coefficient (Wildman–Crippen LogP) is 2.11. The molecule has 1 rings (SSSR count). The van der Waals surface area contributed by atoms with Gasteiger partial charge in [0.2, 0.25) is 0 Å². The van der Waals surface area contributed by atoms with E-state index >= 15 is 0 Å². The van der Waals surface area contributed by atoms with Gasteiger partial charge in [-0.25, -0.2) is 13.2 Å². The van der Waals surface area contributed by atoms with E-state index in [2.05, 4.69) is 0 Å². The maximum Gasteiger partial charge on any atom is 0.451 e. The van der Waals surface area contributed by atoms with E-state index < -0.39 is 47.4 Å². The molecule has 0 amide bonds. The molecule has 100 valence electrons. The lowest BCUT2D eigenvalue weighted by molar-refractivity contribution is -0.172. The molecule has 0 spiro atoms. The number of benzene rings is 1. The molecule has 18 heavy (non-hydrogen) atoms. The van der Waals surface area contributed by atoms with E-state index in [9.17, 15) is 31.1 Å². The Morgan fingerprint density at radius 3 is 2.22 bits per heavy atom. The minimum Gasteiger partial charge on any atom is -0.321 e. The average Bonchev–Trinajstić information content (AvgIpc) is 2.27. The lowest BCUT2D eigenvalue weighted by atomic mass is 10.0. The van der Waals surface area contributed by atoms with Crippen molar-refractivity contribution in [2.24, 2.45) is 5.73 Å². The smallest absolute Gasteiger partial charge is 0.321 e. The lowest BCUT2D eigenvalue weighted by Gasteiger charge is -2.13. The van der Waals surface area contributed by atoms with Gasteiger partial charge < -0.3 is 5.73 Å². The van der Waals surface area contributed by atoms with Crippen molar-refractivity contribution in [3.63, 3.8) is 0 Å². The molecule has 1 aromatic rings. The lowest BCUT2D eigenvalue weighted by Crippen LogP contribution is -2.42. The fraction of sp³-hybridized carbons (Fsp3) is 0.300. The molecule has 0 fully saturated rings. The van der Waals surface area contributed by atoms with Crippen LogP contribution in [0.5, 0.6) is 0 Å². The van der Waals surface area contributed by atoms with Crippen LogP contribution in [0.4, 0.5) is 26.3 Å². The SMILES string of the molecule is NC(Cc1ccc(F)c(F)c1F)C(=O)C(F)(F)F. The molecular weight excluding hydrogens is 264 g/mol. The maximum atomic E-state index is 13.1. The van der Waals surface area contributed by atoms with Crippen LogP contribution in [-0.4, -0.2) is 18.0 Å². The first-order valence-electron chi connectivity index (χ1n) is 4.63. The summed E-state index contributed by atoms with van der Waals surface area (Å²) < 4.78 is 74.4. The van der Waals surface area contributed by atoms with Crippen molar-refractivity contribution in [3.8, 4) is 0 Å². The molecule has 8 heteroatoms. The largest absolute Gasteiger partial charge is 0.451 e. The molecule has 0 aliphatic carbocycles. The Bertz CT molecular complexity index is 470. The zero-order chi connectivity index (χ0) is 14.1. The molecule has 2 nitrogen and oxygen atoms in total. The van der Waals surface area contributed by atoms with Crippen LogP contribution in [0.1, 0.15) is 5.56 Å². The van der Waals surface area contributed by atoms with Crippen molar-refractivity contribution in [2.45, 2.75) is 18.6 Å². The summed E-state index contributed by atoms with van der Waals surface area (Å²) in [5.41, 5.74) is 4.34. The number of alkyl halides is 3. The second-order valence-electron chi connectivity index (χ2n) is 3.51. The normalized spacial score (nSPS) is 13.5. The fourth-order valence-electron chi connectivity index (χ4n) is 1.26. The molecule has 1 aromatic carbocycles. The van der Waals surface area contributed by atoms with Crippen LogP contribution in [-0.2, 0) is 11.2 Å². The van der Waals surface area contributed by atoms with Crippen LogP contribution in [0, 0.1) is 17.5 Å².